The van der Waals surface area contributed by atoms with Crippen LogP contribution in [-0.4, -0.2) is 182 Å². The number of hydrogen-bond donors (Lipinski definition) is 10. The fraction of sp³-hybridized carbons (Fsp3) is 0.918. The lowest BCUT2D eigenvalue weighted by Gasteiger charge is -2.71. The highest BCUT2D eigenvalue weighted by Gasteiger charge is 2.70. The van der Waals surface area contributed by atoms with Crippen molar-refractivity contribution in [3.63, 3.8) is 0 Å². The first kappa shape index (κ1) is 52.4. The van der Waals surface area contributed by atoms with Crippen molar-refractivity contribution in [1.29, 1.82) is 0 Å². The monoisotopic (exact) mass is 971 g/mol. The molecule has 7 fully saturated rings. The van der Waals surface area contributed by atoms with Crippen LogP contribution in [-0.2, 0) is 42.7 Å². The number of aliphatic hydroxyl groups excluding tert-OH is 10. The van der Waals surface area contributed by atoms with Gasteiger partial charge in [0.25, 0.3) is 0 Å². The van der Waals surface area contributed by atoms with Crippen molar-refractivity contribution in [1.82, 2.24) is 0 Å². The van der Waals surface area contributed by atoms with Crippen molar-refractivity contribution in [2.24, 2.45) is 50.2 Å². The van der Waals surface area contributed by atoms with Gasteiger partial charge < -0.3 is 84.2 Å². The molecule has 0 aromatic rings. The standard InChI is InChI=1S/C49H78O19/c1-44(2)15-17-49(43(61)68-41-36(59)32(55)30(53)25(21-51)64-41)18-16-47(6)22(23(49)19-44)9-10-27-46(5)13-12-28(45(3,4)26(46)11-14-48(27,47)7)65-42-38(34(57)33(56)37(66-42)39(60)62-8)67-40-35(58)31(54)29(52)24(20-50)63-40/h9,23-38,40-42,50-59H,10-21H2,1-8H3/t23?,24-,25-,26?,27?,28+,29-,30-,31+,32+,33+,34+,35-,36-,37+,38-,40+,41+,42-,46+,47-,48-,49+/m1/s1. The highest BCUT2D eigenvalue weighted by molar-refractivity contribution is 5.79. The number of carbonyl (C=O) groups is 2. The van der Waals surface area contributed by atoms with Gasteiger partial charge in [0.05, 0.1) is 31.8 Å². The second-order valence-corrected chi connectivity index (χ2v) is 23.7. The normalized spacial score (nSPS) is 52.0. The number of esters is 2. The van der Waals surface area contributed by atoms with Gasteiger partial charge in [0, 0.05) is 0 Å². The summed E-state index contributed by atoms with van der Waals surface area (Å²) < 4.78 is 41.0. The van der Waals surface area contributed by atoms with Crippen molar-refractivity contribution in [3.05, 3.63) is 11.6 Å². The maximum absolute atomic E-state index is 14.7. The molecule has 10 N–H and O–H groups in total. The summed E-state index contributed by atoms with van der Waals surface area (Å²) in [6, 6.07) is 0. The van der Waals surface area contributed by atoms with E-state index in [4.69, 9.17) is 33.2 Å². The highest BCUT2D eigenvalue weighted by Crippen LogP contribution is 2.76. The largest absolute Gasteiger partial charge is 0.467 e. The molecule has 0 aromatic heterocycles. The highest BCUT2D eigenvalue weighted by atomic mass is 16.8. The molecule has 19 nitrogen and oxygen atoms in total. The van der Waals surface area contributed by atoms with Crippen molar-refractivity contribution in [2.75, 3.05) is 20.3 Å². The van der Waals surface area contributed by atoms with Crippen molar-refractivity contribution in [2.45, 2.75) is 211 Å². The molecule has 0 bridgehead atoms. The molecule has 19 heteroatoms. The Morgan fingerprint density at radius 1 is 0.647 bits per heavy atom. The number of rotatable bonds is 9. The van der Waals surface area contributed by atoms with Gasteiger partial charge in [-0.1, -0.05) is 60.1 Å². The molecule has 3 saturated heterocycles. The summed E-state index contributed by atoms with van der Waals surface area (Å²) in [4.78, 5) is 27.6. The van der Waals surface area contributed by atoms with Gasteiger partial charge in [0.1, 0.15) is 67.1 Å². The first-order chi connectivity index (χ1) is 31.8. The van der Waals surface area contributed by atoms with E-state index >= 15 is 0 Å². The quantitative estimate of drug-likeness (QED) is 0.0846. The van der Waals surface area contributed by atoms with E-state index in [1.165, 1.54) is 5.57 Å². The molecule has 0 radical (unpaired) electrons. The van der Waals surface area contributed by atoms with Crippen LogP contribution in [0.4, 0.5) is 0 Å². The number of hydrogen-bond acceptors (Lipinski definition) is 19. The van der Waals surface area contributed by atoms with Crippen LogP contribution in [0.5, 0.6) is 0 Å². The minimum Gasteiger partial charge on any atom is -0.467 e. The molecule has 8 rings (SSSR count). The third kappa shape index (κ3) is 8.13. The topological polar surface area (TPSA) is 301 Å². The molecule has 3 heterocycles. The first-order valence-electron chi connectivity index (χ1n) is 24.7. The Morgan fingerprint density at radius 3 is 1.87 bits per heavy atom. The first-order valence-corrected chi connectivity index (χ1v) is 24.7. The third-order valence-corrected chi connectivity index (χ3v) is 19.5. The van der Waals surface area contributed by atoms with Gasteiger partial charge in [0.2, 0.25) is 6.29 Å². The molecule has 0 aromatic carbocycles. The fourth-order valence-corrected chi connectivity index (χ4v) is 15.1. The van der Waals surface area contributed by atoms with Crippen LogP contribution in [0.15, 0.2) is 11.6 Å². The molecule has 8 aliphatic rings. The average Bonchev–Trinajstić information content (AvgIpc) is 3.29. The van der Waals surface area contributed by atoms with E-state index in [1.807, 2.05) is 0 Å². The van der Waals surface area contributed by atoms with Gasteiger partial charge in [-0.05, 0) is 109 Å². The number of fused-ring (bicyclic) bond motifs is 7. The maximum atomic E-state index is 14.7. The summed E-state index contributed by atoms with van der Waals surface area (Å²) in [5, 5.41) is 106. The number of carbonyl (C=O) groups excluding carboxylic acids is 2. The number of aliphatic hydroxyl groups is 10. The molecular formula is C49H78O19. The van der Waals surface area contributed by atoms with Gasteiger partial charge >= 0.3 is 11.9 Å². The van der Waals surface area contributed by atoms with Crippen LogP contribution in [0.3, 0.4) is 0 Å². The predicted octanol–water partition coefficient (Wildman–Crippen LogP) is 0.321. The second-order valence-electron chi connectivity index (χ2n) is 23.7. The SMILES string of the molecule is COC(=O)[C@H]1O[C@@H](O[C@H]2CC[C@@]3(C)C(CC[C@]4(C)C3CC=C3C5CC(C)(C)CC[C@]5(C(=O)O[C@@H]5O[C@H](CO)[C@@H](O)[C@H](O)[C@H]5O)CC[C@]34C)C2(C)C)[C@H](O[C@@H]2O[C@H](CO)[C@@H](O)[C@H](O)[C@H]2O)[C@@H](O)[C@@H]1O. The van der Waals surface area contributed by atoms with E-state index in [0.29, 0.717) is 25.7 Å². The lowest BCUT2D eigenvalue weighted by Crippen LogP contribution is -2.67. The summed E-state index contributed by atoms with van der Waals surface area (Å²) >= 11 is 0. The second kappa shape index (κ2) is 18.5. The van der Waals surface area contributed by atoms with Gasteiger partial charge in [-0.15, -0.1) is 0 Å². The molecule has 4 saturated carbocycles. The van der Waals surface area contributed by atoms with Crippen LogP contribution in [0.2, 0.25) is 0 Å². The smallest absolute Gasteiger partial charge is 0.337 e. The number of allylic oxidation sites excluding steroid dienone is 2. The van der Waals surface area contributed by atoms with Gasteiger partial charge in [-0.25, -0.2) is 4.79 Å². The molecule has 3 aliphatic heterocycles. The molecule has 3 unspecified atom stereocenters. The van der Waals surface area contributed by atoms with E-state index in [0.717, 1.165) is 45.6 Å². The molecule has 0 spiro atoms. The molecule has 23 atom stereocenters. The minimum atomic E-state index is -1.85. The zero-order valence-electron chi connectivity index (χ0n) is 40.7. The summed E-state index contributed by atoms with van der Waals surface area (Å²) in [5.41, 5.74) is -0.950. The van der Waals surface area contributed by atoms with Gasteiger partial charge in [0.15, 0.2) is 18.7 Å². The van der Waals surface area contributed by atoms with E-state index in [1.54, 1.807) is 0 Å². The fourth-order valence-electron chi connectivity index (χ4n) is 15.1. The summed E-state index contributed by atoms with van der Waals surface area (Å²) in [6.45, 7) is 14.6. The summed E-state index contributed by atoms with van der Waals surface area (Å²) in [7, 11) is 1.12. The minimum absolute atomic E-state index is 0.0770. The summed E-state index contributed by atoms with van der Waals surface area (Å²) in [5.74, 6) is -1.30. The Morgan fingerprint density at radius 2 is 1.25 bits per heavy atom. The Balaban J connectivity index is 1.05. The molecule has 5 aliphatic carbocycles. The average molecular weight is 971 g/mol. The Kier molecular flexibility index (Phi) is 14.3. The zero-order valence-corrected chi connectivity index (χ0v) is 40.7. The molecule has 388 valence electrons. The Bertz CT molecular complexity index is 1890. The van der Waals surface area contributed by atoms with E-state index in [9.17, 15) is 60.7 Å². The lowest BCUT2D eigenvalue weighted by molar-refractivity contribution is -0.374. The number of ether oxygens (including phenoxy) is 7. The van der Waals surface area contributed by atoms with E-state index in [-0.39, 0.29) is 39.4 Å². The Labute approximate surface area is 398 Å². The van der Waals surface area contributed by atoms with Crippen molar-refractivity contribution >= 4 is 11.9 Å². The van der Waals surface area contributed by atoms with Crippen LogP contribution >= 0.6 is 0 Å². The summed E-state index contributed by atoms with van der Waals surface area (Å²) in [6.07, 6.45) is -15.5. The van der Waals surface area contributed by atoms with Crippen molar-refractivity contribution < 1.29 is 93.8 Å². The van der Waals surface area contributed by atoms with Gasteiger partial charge in [-0.3, -0.25) is 4.79 Å². The van der Waals surface area contributed by atoms with E-state index in [2.05, 4.69) is 54.5 Å². The predicted molar refractivity (Wildman–Crippen MR) is 235 cm³/mol. The van der Waals surface area contributed by atoms with Gasteiger partial charge in [-0.2, -0.15) is 0 Å². The van der Waals surface area contributed by atoms with Crippen LogP contribution in [0.1, 0.15) is 113 Å². The third-order valence-electron chi connectivity index (χ3n) is 19.5. The Hall–Kier alpha value is -1.92. The van der Waals surface area contributed by atoms with Crippen LogP contribution in [0, 0.1) is 50.2 Å². The number of methoxy groups -OCH3 is 1. The molecule has 68 heavy (non-hydrogen) atoms. The van der Waals surface area contributed by atoms with Crippen molar-refractivity contribution in [3.8, 4) is 0 Å². The lowest BCUT2D eigenvalue weighted by atomic mass is 9.33. The maximum Gasteiger partial charge on any atom is 0.337 e. The van der Waals surface area contributed by atoms with Crippen LogP contribution < -0.4 is 0 Å². The zero-order chi connectivity index (χ0) is 49.8. The molecule has 0 amide bonds. The van der Waals surface area contributed by atoms with Crippen LogP contribution in [0.25, 0.3) is 0 Å². The molecular weight excluding hydrogens is 893 g/mol. The van der Waals surface area contributed by atoms with E-state index < -0.39 is 134 Å².